The quantitative estimate of drug-likeness (QED) is 0.814. The van der Waals surface area contributed by atoms with Gasteiger partial charge in [-0.1, -0.05) is 13.8 Å². The van der Waals surface area contributed by atoms with Gasteiger partial charge >= 0.3 is 0 Å². The van der Waals surface area contributed by atoms with Crippen LogP contribution in [-0.4, -0.2) is 50.5 Å². The zero-order valence-electron chi connectivity index (χ0n) is 14.0. The second-order valence-corrected chi connectivity index (χ2v) is 6.16. The number of methoxy groups -OCH3 is 1. The van der Waals surface area contributed by atoms with E-state index in [1.165, 1.54) is 0 Å². The largest absolute Gasteiger partial charge is 0.495 e. The highest BCUT2D eigenvalue weighted by Gasteiger charge is 2.17. The Morgan fingerprint density at radius 1 is 1.30 bits per heavy atom. The van der Waals surface area contributed by atoms with E-state index in [1.807, 2.05) is 32.0 Å². The molecule has 126 valence electrons. The first-order valence-electron chi connectivity index (χ1n) is 7.95. The van der Waals surface area contributed by atoms with Gasteiger partial charge in [-0.15, -0.1) is 0 Å². The van der Waals surface area contributed by atoms with Gasteiger partial charge in [0.2, 0.25) is 12.3 Å². The summed E-state index contributed by atoms with van der Waals surface area (Å²) in [6.07, 6.45) is 1.37. The molecule has 1 aromatic rings. The van der Waals surface area contributed by atoms with Crippen molar-refractivity contribution < 1.29 is 14.3 Å². The minimum Gasteiger partial charge on any atom is -0.495 e. The predicted octanol–water partition coefficient (Wildman–Crippen LogP) is 1.96. The van der Waals surface area contributed by atoms with Crippen LogP contribution in [0.5, 0.6) is 5.75 Å². The summed E-state index contributed by atoms with van der Waals surface area (Å²) in [5.74, 6) is 0.944. The van der Waals surface area contributed by atoms with Gasteiger partial charge < -0.3 is 19.9 Å². The molecule has 0 spiro atoms. The number of nitrogens with zero attached hydrogens (tertiary/aromatic N) is 2. The van der Waals surface area contributed by atoms with Crippen LogP contribution in [0.1, 0.15) is 20.3 Å². The number of carbonyl (C=O) groups is 2. The van der Waals surface area contributed by atoms with Crippen LogP contribution >= 0.6 is 0 Å². The fourth-order valence-corrected chi connectivity index (χ4v) is 2.65. The van der Waals surface area contributed by atoms with Crippen LogP contribution < -0.4 is 15.0 Å². The van der Waals surface area contributed by atoms with Crippen molar-refractivity contribution in [3.8, 4) is 5.75 Å². The Morgan fingerprint density at radius 2 is 2.00 bits per heavy atom. The summed E-state index contributed by atoms with van der Waals surface area (Å²) < 4.78 is 5.34. The Labute approximate surface area is 137 Å². The Balaban J connectivity index is 2.12. The van der Waals surface area contributed by atoms with Gasteiger partial charge in [0, 0.05) is 38.3 Å². The molecule has 2 rings (SSSR count). The van der Waals surface area contributed by atoms with Crippen molar-refractivity contribution in [1.29, 1.82) is 0 Å². The van der Waals surface area contributed by atoms with Crippen LogP contribution in [0.3, 0.4) is 0 Å². The van der Waals surface area contributed by atoms with E-state index in [0.717, 1.165) is 25.2 Å². The molecule has 1 N–H and O–H groups in total. The molecule has 0 unspecified atom stereocenters. The molecule has 6 nitrogen and oxygen atoms in total. The zero-order chi connectivity index (χ0) is 16.8. The number of carbonyl (C=O) groups excluding carboxylic acids is 2. The summed E-state index contributed by atoms with van der Waals surface area (Å²) in [5.41, 5.74) is 1.71. The average Bonchev–Trinajstić information content (AvgIpc) is 2.54. The van der Waals surface area contributed by atoms with Gasteiger partial charge in [-0.25, -0.2) is 0 Å². The number of amides is 2. The molecule has 1 fully saturated rings. The minimum absolute atomic E-state index is 0.0128. The Morgan fingerprint density at radius 3 is 2.57 bits per heavy atom. The van der Waals surface area contributed by atoms with Crippen molar-refractivity contribution in [3.05, 3.63) is 18.2 Å². The minimum atomic E-state index is -0.0128. The summed E-state index contributed by atoms with van der Waals surface area (Å²) in [6, 6.07) is 5.79. The molecule has 0 aromatic heterocycles. The van der Waals surface area contributed by atoms with Gasteiger partial charge in [0.1, 0.15) is 5.75 Å². The van der Waals surface area contributed by atoms with Crippen molar-refractivity contribution in [2.45, 2.75) is 20.3 Å². The van der Waals surface area contributed by atoms with Crippen molar-refractivity contribution in [1.82, 2.24) is 4.90 Å². The topological polar surface area (TPSA) is 61.9 Å². The number of hydrogen-bond acceptors (Lipinski definition) is 4. The number of piperazine rings is 1. The molecule has 0 saturated carbocycles. The molecule has 0 radical (unpaired) electrons. The van der Waals surface area contributed by atoms with Crippen molar-refractivity contribution in [2.24, 2.45) is 5.92 Å². The normalized spacial score (nSPS) is 14.8. The fraction of sp³-hybridized carbons (Fsp3) is 0.529. The lowest BCUT2D eigenvalue weighted by molar-refractivity contribution is -0.118. The molecule has 1 saturated heterocycles. The lowest BCUT2D eigenvalue weighted by atomic mass is 10.1. The molecular weight excluding hydrogens is 294 g/mol. The van der Waals surface area contributed by atoms with Crippen LogP contribution in [0.25, 0.3) is 0 Å². The lowest BCUT2D eigenvalue weighted by Crippen LogP contribution is -2.45. The average molecular weight is 319 g/mol. The molecule has 2 amide bonds. The van der Waals surface area contributed by atoms with Crippen molar-refractivity contribution >= 4 is 23.7 Å². The number of rotatable bonds is 6. The number of benzene rings is 1. The summed E-state index contributed by atoms with van der Waals surface area (Å²) >= 11 is 0. The highest BCUT2D eigenvalue weighted by molar-refractivity contribution is 5.93. The predicted molar refractivity (Wildman–Crippen MR) is 90.9 cm³/mol. The maximum Gasteiger partial charge on any atom is 0.224 e. The first-order valence-corrected chi connectivity index (χ1v) is 7.95. The maximum absolute atomic E-state index is 12.0. The van der Waals surface area contributed by atoms with E-state index in [9.17, 15) is 9.59 Å². The third kappa shape index (κ3) is 4.61. The first-order chi connectivity index (χ1) is 11.0. The molecule has 1 heterocycles. The van der Waals surface area contributed by atoms with E-state index < -0.39 is 0 Å². The van der Waals surface area contributed by atoms with E-state index in [1.54, 1.807) is 12.0 Å². The Hall–Kier alpha value is -2.24. The first kappa shape index (κ1) is 17.1. The number of nitrogens with one attached hydrogen (secondary N) is 1. The second kappa shape index (κ2) is 7.85. The van der Waals surface area contributed by atoms with E-state index in [2.05, 4.69) is 10.2 Å². The smallest absolute Gasteiger partial charge is 0.224 e. The van der Waals surface area contributed by atoms with Gasteiger partial charge in [0.05, 0.1) is 12.8 Å². The van der Waals surface area contributed by atoms with Gasteiger partial charge in [-0.2, -0.15) is 0 Å². The van der Waals surface area contributed by atoms with E-state index in [4.69, 9.17) is 4.74 Å². The van der Waals surface area contributed by atoms with Crippen LogP contribution in [0.15, 0.2) is 18.2 Å². The van der Waals surface area contributed by atoms with Crippen molar-refractivity contribution in [3.63, 3.8) is 0 Å². The third-order valence-corrected chi connectivity index (χ3v) is 3.88. The van der Waals surface area contributed by atoms with Crippen molar-refractivity contribution in [2.75, 3.05) is 43.5 Å². The molecule has 0 atom stereocenters. The third-order valence-electron chi connectivity index (χ3n) is 3.88. The van der Waals surface area contributed by atoms with Crippen LogP contribution in [0.4, 0.5) is 11.4 Å². The van der Waals surface area contributed by atoms with Crippen LogP contribution in [-0.2, 0) is 9.59 Å². The zero-order valence-corrected chi connectivity index (χ0v) is 14.0. The summed E-state index contributed by atoms with van der Waals surface area (Å²) in [6.45, 7) is 7.02. The molecule has 1 aromatic carbocycles. The Bertz CT molecular complexity index is 552. The molecule has 1 aliphatic rings. The highest BCUT2D eigenvalue weighted by Crippen LogP contribution is 2.30. The van der Waals surface area contributed by atoms with Gasteiger partial charge in [0.25, 0.3) is 0 Å². The fourth-order valence-electron chi connectivity index (χ4n) is 2.65. The van der Waals surface area contributed by atoms with Gasteiger partial charge in [-0.3, -0.25) is 9.59 Å². The maximum atomic E-state index is 12.0. The van der Waals surface area contributed by atoms with Gasteiger partial charge in [-0.05, 0) is 24.1 Å². The molecule has 0 aliphatic carbocycles. The lowest BCUT2D eigenvalue weighted by Gasteiger charge is -2.34. The number of ether oxygens (including phenoxy) is 1. The molecular formula is C17H25N3O3. The van der Waals surface area contributed by atoms with Crippen LogP contribution in [0, 0.1) is 5.92 Å². The molecule has 6 heteroatoms. The number of anilines is 2. The van der Waals surface area contributed by atoms with E-state index in [-0.39, 0.29) is 5.91 Å². The Kier molecular flexibility index (Phi) is 5.84. The second-order valence-electron chi connectivity index (χ2n) is 6.16. The molecule has 0 bridgehead atoms. The standard InChI is InChI=1S/C17H25N3O3/c1-13(2)10-17(22)18-15-11-14(4-5-16(15)23-3)20-8-6-19(12-21)7-9-20/h4-5,11-13H,6-10H2,1-3H3,(H,18,22). The summed E-state index contributed by atoms with van der Waals surface area (Å²) in [5, 5.41) is 2.94. The molecule has 23 heavy (non-hydrogen) atoms. The number of hydrogen-bond donors (Lipinski definition) is 1. The monoisotopic (exact) mass is 319 g/mol. The van der Waals surface area contributed by atoms with Gasteiger partial charge in [0.15, 0.2) is 0 Å². The summed E-state index contributed by atoms with van der Waals surface area (Å²) in [7, 11) is 1.59. The highest BCUT2D eigenvalue weighted by atomic mass is 16.5. The summed E-state index contributed by atoms with van der Waals surface area (Å²) in [4.78, 5) is 26.8. The molecule has 1 aliphatic heterocycles. The van der Waals surface area contributed by atoms with E-state index in [0.29, 0.717) is 36.9 Å². The van der Waals surface area contributed by atoms with E-state index >= 15 is 0 Å². The SMILES string of the molecule is COc1ccc(N2CCN(C=O)CC2)cc1NC(=O)CC(C)C. The van der Waals surface area contributed by atoms with Crippen LogP contribution in [0.2, 0.25) is 0 Å².